The molecule has 3 rings (SSSR count). The summed E-state index contributed by atoms with van der Waals surface area (Å²) < 4.78 is 7.73. The Morgan fingerprint density at radius 1 is 1.44 bits per heavy atom. The highest BCUT2D eigenvalue weighted by Gasteiger charge is 2.20. The molecule has 1 N–H and O–H groups in total. The molecule has 2 heterocycles. The monoisotopic (exact) mass is 245 g/mol. The average Bonchev–Trinajstić information content (AvgIpc) is 2.94. The maximum absolute atomic E-state index is 5.89. The minimum absolute atomic E-state index is 0.711. The summed E-state index contributed by atoms with van der Waals surface area (Å²) in [6, 6.07) is 4.81. The van der Waals surface area contributed by atoms with E-state index in [1.807, 2.05) is 24.0 Å². The quantitative estimate of drug-likeness (QED) is 0.880. The van der Waals surface area contributed by atoms with Crippen LogP contribution in [0.5, 0.6) is 0 Å². The molecule has 0 amide bonds. The molecule has 18 heavy (non-hydrogen) atoms. The highest BCUT2D eigenvalue weighted by atomic mass is 16.3. The molecule has 0 aliphatic heterocycles. The largest absolute Gasteiger partial charge is 0.460 e. The van der Waals surface area contributed by atoms with Gasteiger partial charge in [0.1, 0.15) is 11.5 Å². The Morgan fingerprint density at radius 2 is 2.28 bits per heavy atom. The second-order valence-corrected chi connectivity index (χ2v) is 4.94. The first-order valence-corrected chi connectivity index (χ1v) is 6.61. The molecule has 0 radical (unpaired) electrons. The number of aryl methyl sites for hydroxylation is 2. The Kier molecular flexibility index (Phi) is 2.96. The van der Waals surface area contributed by atoms with Gasteiger partial charge in [-0.15, -0.1) is 0 Å². The molecule has 1 aliphatic rings. The van der Waals surface area contributed by atoms with Crippen LogP contribution in [0.1, 0.15) is 31.2 Å². The Bertz CT molecular complexity index is 537. The van der Waals surface area contributed by atoms with Crippen LogP contribution in [0.4, 0.5) is 0 Å². The van der Waals surface area contributed by atoms with Gasteiger partial charge in [0.2, 0.25) is 0 Å². The van der Waals surface area contributed by atoms with E-state index in [9.17, 15) is 0 Å². The van der Waals surface area contributed by atoms with E-state index in [4.69, 9.17) is 4.42 Å². The topological polar surface area (TPSA) is 43.0 Å². The molecule has 0 atom stereocenters. The van der Waals surface area contributed by atoms with Crippen LogP contribution in [0, 0.1) is 0 Å². The van der Waals surface area contributed by atoms with Gasteiger partial charge in [-0.25, -0.2) is 0 Å². The van der Waals surface area contributed by atoms with Crippen LogP contribution in [0.2, 0.25) is 0 Å². The van der Waals surface area contributed by atoms with Gasteiger partial charge in [-0.05, 0) is 31.4 Å². The molecule has 0 saturated heterocycles. The van der Waals surface area contributed by atoms with Crippen LogP contribution in [-0.4, -0.2) is 15.8 Å². The molecule has 4 heteroatoms. The van der Waals surface area contributed by atoms with E-state index in [0.717, 1.165) is 35.7 Å². The number of furan rings is 1. The van der Waals surface area contributed by atoms with Gasteiger partial charge in [-0.3, -0.25) is 4.68 Å². The molecule has 2 aromatic rings. The van der Waals surface area contributed by atoms with E-state index >= 15 is 0 Å². The molecule has 1 aliphatic carbocycles. The molecule has 1 saturated carbocycles. The lowest BCUT2D eigenvalue weighted by atomic mass is 10.2. The Balaban J connectivity index is 1.78. The van der Waals surface area contributed by atoms with Crippen molar-refractivity contribution in [2.24, 2.45) is 7.05 Å². The summed E-state index contributed by atoms with van der Waals surface area (Å²) in [5.41, 5.74) is 2.20. The Labute approximate surface area is 107 Å². The molecule has 0 spiro atoms. The van der Waals surface area contributed by atoms with Crippen molar-refractivity contribution >= 4 is 0 Å². The maximum atomic E-state index is 5.89. The first-order valence-electron chi connectivity index (χ1n) is 6.61. The van der Waals surface area contributed by atoms with E-state index in [1.54, 1.807) is 0 Å². The minimum Gasteiger partial charge on any atom is -0.460 e. The van der Waals surface area contributed by atoms with Gasteiger partial charge in [-0.1, -0.05) is 6.92 Å². The number of nitrogens with zero attached hydrogens (tertiary/aromatic N) is 2. The third kappa shape index (κ3) is 2.34. The smallest absolute Gasteiger partial charge is 0.137 e. The number of aromatic nitrogens is 2. The summed E-state index contributed by atoms with van der Waals surface area (Å²) in [7, 11) is 1.95. The number of hydrogen-bond donors (Lipinski definition) is 1. The lowest BCUT2D eigenvalue weighted by molar-refractivity contribution is 0.492. The van der Waals surface area contributed by atoms with E-state index in [1.165, 1.54) is 12.8 Å². The molecule has 0 aromatic carbocycles. The zero-order valence-electron chi connectivity index (χ0n) is 10.9. The van der Waals surface area contributed by atoms with Crippen molar-refractivity contribution in [1.82, 2.24) is 15.1 Å². The van der Waals surface area contributed by atoms with Gasteiger partial charge in [0, 0.05) is 19.3 Å². The van der Waals surface area contributed by atoms with Gasteiger partial charge in [0.25, 0.3) is 0 Å². The predicted octanol–water partition coefficient (Wildman–Crippen LogP) is 2.49. The lowest BCUT2D eigenvalue weighted by Gasteiger charge is -1.99. The Morgan fingerprint density at radius 3 is 3.00 bits per heavy atom. The van der Waals surface area contributed by atoms with Crippen molar-refractivity contribution in [2.45, 2.75) is 38.8 Å². The van der Waals surface area contributed by atoms with Crippen LogP contribution in [0.3, 0.4) is 0 Å². The van der Waals surface area contributed by atoms with Gasteiger partial charge < -0.3 is 9.73 Å². The minimum atomic E-state index is 0.711. The van der Waals surface area contributed by atoms with Crippen LogP contribution in [0.15, 0.2) is 22.7 Å². The standard InChI is InChI=1S/C14H19N3O/c1-3-13-12(9-17(2)16-13)14-7-6-11(18-14)8-15-10-4-5-10/h6-7,9-10,15H,3-5,8H2,1-2H3. The molecule has 0 bridgehead atoms. The molecular formula is C14H19N3O. The first-order chi connectivity index (χ1) is 8.76. The fraction of sp³-hybridized carbons (Fsp3) is 0.500. The molecule has 2 aromatic heterocycles. The summed E-state index contributed by atoms with van der Waals surface area (Å²) in [6.07, 6.45) is 5.55. The normalized spacial score (nSPS) is 15.2. The summed E-state index contributed by atoms with van der Waals surface area (Å²) in [6.45, 7) is 2.94. The number of nitrogens with one attached hydrogen (secondary N) is 1. The van der Waals surface area contributed by atoms with Crippen molar-refractivity contribution in [2.75, 3.05) is 0 Å². The third-order valence-electron chi connectivity index (χ3n) is 3.31. The van der Waals surface area contributed by atoms with Crippen LogP contribution in [-0.2, 0) is 20.0 Å². The SMILES string of the molecule is CCc1nn(C)cc1-c1ccc(CNC2CC2)o1. The summed E-state index contributed by atoms with van der Waals surface area (Å²) in [5.74, 6) is 1.93. The summed E-state index contributed by atoms with van der Waals surface area (Å²) in [4.78, 5) is 0. The zero-order chi connectivity index (χ0) is 12.5. The van der Waals surface area contributed by atoms with E-state index in [2.05, 4.69) is 23.4 Å². The van der Waals surface area contributed by atoms with Gasteiger partial charge in [0.15, 0.2) is 0 Å². The number of hydrogen-bond acceptors (Lipinski definition) is 3. The summed E-state index contributed by atoms with van der Waals surface area (Å²) in [5, 5.41) is 7.90. The van der Waals surface area contributed by atoms with E-state index in [-0.39, 0.29) is 0 Å². The van der Waals surface area contributed by atoms with Gasteiger partial charge in [0.05, 0.1) is 17.8 Å². The summed E-state index contributed by atoms with van der Waals surface area (Å²) >= 11 is 0. The van der Waals surface area contributed by atoms with Gasteiger partial charge >= 0.3 is 0 Å². The second-order valence-electron chi connectivity index (χ2n) is 4.94. The Hall–Kier alpha value is -1.55. The highest BCUT2D eigenvalue weighted by molar-refractivity contribution is 5.59. The van der Waals surface area contributed by atoms with Crippen LogP contribution in [0.25, 0.3) is 11.3 Å². The van der Waals surface area contributed by atoms with E-state index in [0.29, 0.717) is 6.04 Å². The van der Waals surface area contributed by atoms with Crippen molar-refractivity contribution < 1.29 is 4.42 Å². The fourth-order valence-corrected chi connectivity index (χ4v) is 2.15. The highest BCUT2D eigenvalue weighted by Crippen LogP contribution is 2.26. The van der Waals surface area contributed by atoms with Crippen molar-refractivity contribution in [1.29, 1.82) is 0 Å². The van der Waals surface area contributed by atoms with Crippen LogP contribution >= 0.6 is 0 Å². The van der Waals surface area contributed by atoms with Crippen molar-refractivity contribution in [3.8, 4) is 11.3 Å². The maximum Gasteiger partial charge on any atom is 0.137 e. The second kappa shape index (κ2) is 4.61. The predicted molar refractivity (Wildman–Crippen MR) is 70.1 cm³/mol. The van der Waals surface area contributed by atoms with Crippen molar-refractivity contribution in [3.63, 3.8) is 0 Å². The molecular weight excluding hydrogens is 226 g/mol. The van der Waals surface area contributed by atoms with E-state index < -0.39 is 0 Å². The lowest BCUT2D eigenvalue weighted by Crippen LogP contribution is -2.14. The molecule has 0 unspecified atom stereocenters. The fourth-order valence-electron chi connectivity index (χ4n) is 2.15. The molecule has 96 valence electrons. The first kappa shape index (κ1) is 11.5. The number of rotatable bonds is 5. The third-order valence-corrected chi connectivity index (χ3v) is 3.31. The zero-order valence-corrected chi connectivity index (χ0v) is 10.9. The van der Waals surface area contributed by atoms with Crippen molar-refractivity contribution in [3.05, 3.63) is 29.8 Å². The average molecular weight is 245 g/mol. The molecule has 1 fully saturated rings. The molecule has 4 nitrogen and oxygen atoms in total. The van der Waals surface area contributed by atoms with Gasteiger partial charge in [-0.2, -0.15) is 5.10 Å². The van der Waals surface area contributed by atoms with Crippen LogP contribution < -0.4 is 5.32 Å².